The maximum Gasteiger partial charge on any atom is 0.310 e. The average molecular weight is 212 g/mol. The lowest BCUT2D eigenvalue weighted by Crippen LogP contribution is -2.14. The molecule has 0 N–H and O–H groups in total. The summed E-state index contributed by atoms with van der Waals surface area (Å²) in [5.41, 5.74) is 0.693. The smallest absolute Gasteiger partial charge is 0.310 e. The summed E-state index contributed by atoms with van der Waals surface area (Å²) in [6, 6.07) is 4.96. The summed E-state index contributed by atoms with van der Waals surface area (Å²) in [6.45, 7) is 5.43. The third-order valence-electron chi connectivity index (χ3n) is 2.61. The largest absolute Gasteiger partial charge is 0.486 e. The summed E-state index contributed by atoms with van der Waals surface area (Å²) in [6.07, 6.45) is 0. The Hall–Kier alpha value is -1.12. The molecule has 0 amide bonds. The molecule has 0 atom stereocenters. The molecular formula is C12H14F2O. The van der Waals surface area contributed by atoms with Crippen molar-refractivity contribution in [2.45, 2.75) is 32.1 Å². The SMILES string of the molecule is CC(C)(C)c1cccc2c1OCC2(F)F. The maximum atomic E-state index is 13.4. The van der Waals surface area contributed by atoms with E-state index in [2.05, 4.69) is 0 Å². The van der Waals surface area contributed by atoms with E-state index in [9.17, 15) is 8.78 Å². The van der Waals surface area contributed by atoms with Crippen molar-refractivity contribution in [3.63, 3.8) is 0 Å². The molecular weight excluding hydrogens is 198 g/mol. The Bertz CT molecular complexity index is 391. The molecule has 0 aliphatic carbocycles. The number of hydrogen-bond donors (Lipinski definition) is 0. The van der Waals surface area contributed by atoms with Crippen molar-refractivity contribution >= 4 is 0 Å². The van der Waals surface area contributed by atoms with Gasteiger partial charge >= 0.3 is 5.92 Å². The molecule has 0 aromatic heterocycles. The second-order valence-corrected chi connectivity index (χ2v) is 4.93. The molecule has 3 heteroatoms. The fourth-order valence-electron chi connectivity index (χ4n) is 1.81. The molecule has 0 saturated heterocycles. The first-order chi connectivity index (χ1) is 6.82. The van der Waals surface area contributed by atoms with Gasteiger partial charge in [-0.05, 0) is 11.5 Å². The molecule has 1 aliphatic rings. The number of rotatable bonds is 0. The first-order valence-electron chi connectivity index (χ1n) is 4.97. The zero-order valence-electron chi connectivity index (χ0n) is 9.10. The van der Waals surface area contributed by atoms with E-state index in [1.54, 1.807) is 6.07 Å². The number of fused-ring (bicyclic) bond motifs is 1. The second-order valence-electron chi connectivity index (χ2n) is 4.93. The van der Waals surface area contributed by atoms with Crippen LogP contribution in [0.15, 0.2) is 18.2 Å². The van der Waals surface area contributed by atoms with E-state index in [0.29, 0.717) is 5.75 Å². The number of halogens is 2. The predicted octanol–water partition coefficient (Wildman–Crippen LogP) is 3.47. The fraction of sp³-hybridized carbons (Fsp3) is 0.500. The minimum absolute atomic E-state index is 0.0231. The van der Waals surface area contributed by atoms with E-state index in [-0.39, 0.29) is 11.0 Å². The van der Waals surface area contributed by atoms with Crippen LogP contribution >= 0.6 is 0 Å². The molecule has 0 unspecified atom stereocenters. The highest BCUT2D eigenvalue weighted by molar-refractivity contribution is 5.49. The van der Waals surface area contributed by atoms with Crippen LogP contribution in [0.3, 0.4) is 0 Å². The van der Waals surface area contributed by atoms with Gasteiger partial charge < -0.3 is 4.74 Å². The van der Waals surface area contributed by atoms with Gasteiger partial charge in [0.1, 0.15) is 5.75 Å². The Morgan fingerprint density at radius 1 is 1.27 bits per heavy atom. The standard InChI is InChI=1S/C12H14F2O/c1-11(2,3)8-5-4-6-9-10(8)15-7-12(9,13)14/h4-6H,7H2,1-3H3. The zero-order valence-corrected chi connectivity index (χ0v) is 9.10. The van der Waals surface area contributed by atoms with Crippen LogP contribution in [-0.4, -0.2) is 6.61 Å². The van der Waals surface area contributed by atoms with Crippen LogP contribution in [0.4, 0.5) is 8.78 Å². The summed E-state index contributed by atoms with van der Waals surface area (Å²) in [7, 11) is 0. The molecule has 0 spiro atoms. The van der Waals surface area contributed by atoms with Crippen LogP contribution in [0.1, 0.15) is 31.9 Å². The number of hydrogen-bond acceptors (Lipinski definition) is 1. The fourth-order valence-corrected chi connectivity index (χ4v) is 1.81. The van der Waals surface area contributed by atoms with E-state index in [1.165, 1.54) is 6.07 Å². The van der Waals surface area contributed by atoms with Crippen molar-refractivity contribution in [2.24, 2.45) is 0 Å². The Morgan fingerprint density at radius 3 is 2.53 bits per heavy atom. The van der Waals surface area contributed by atoms with Gasteiger partial charge in [0.15, 0.2) is 6.61 Å². The zero-order chi connectivity index (χ0) is 11.3. The van der Waals surface area contributed by atoms with E-state index in [0.717, 1.165) is 5.56 Å². The van der Waals surface area contributed by atoms with E-state index in [1.807, 2.05) is 26.8 Å². The van der Waals surface area contributed by atoms with Gasteiger partial charge in [-0.25, -0.2) is 0 Å². The first kappa shape index (κ1) is 10.4. The summed E-state index contributed by atoms with van der Waals surface area (Å²) in [4.78, 5) is 0. The molecule has 0 radical (unpaired) electrons. The van der Waals surface area contributed by atoms with Crippen molar-refractivity contribution in [1.29, 1.82) is 0 Å². The van der Waals surface area contributed by atoms with Crippen LogP contribution in [-0.2, 0) is 11.3 Å². The van der Waals surface area contributed by atoms with Crippen molar-refractivity contribution in [2.75, 3.05) is 6.61 Å². The second kappa shape index (κ2) is 2.94. The monoisotopic (exact) mass is 212 g/mol. The molecule has 82 valence electrons. The van der Waals surface area contributed by atoms with E-state index in [4.69, 9.17) is 4.74 Å². The van der Waals surface area contributed by atoms with Gasteiger partial charge in [0.2, 0.25) is 0 Å². The molecule has 0 saturated carbocycles. The van der Waals surface area contributed by atoms with Gasteiger partial charge in [-0.2, -0.15) is 8.78 Å². The van der Waals surface area contributed by atoms with Gasteiger partial charge in [0.05, 0.1) is 5.56 Å². The van der Waals surface area contributed by atoms with Gasteiger partial charge in [0.25, 0.3) is 0 Å². The lowest BCUT2D eigenvalue weighted by Gasteiger charge is -2.21. The van der Waals surface area contributed by atoms with E-state index >= 15 is 0 Å². The predicted molar refractivity (Wildman–Crippen MR) is 54.5 cm³/mol. The molecule has 0 fully saturated rings. The third kappa shape index (κ3) is 1.60. The highest BCUT2D eigenvalue weighted by Crippen LogP contribution is 2.45. The highest BCUT2D eigenvalue weighted by atomic mass is 19.3. The minimum atomic E-state index is -2.84. The average Bonchev–Trinajstić information content (AvgIpc) is 2.41. The van der Waals surface area contributed by atoms with Crippen molar-refractivity contribution in [1.82, 2.24) is 0 Å². The Labute approximate surface area is 88.1 Å². The number of para-hydroxylation sites is 1. The molecule has 1 aliphatic heterocycles. The third-order valence-corrected chi connectivity index (χ3v) is 2.61. The molecule has 1 aromatic carbocycles. The van der Waals surface area contributed by atoms with Crippen molar-refractivity contribution < 1.29 is 13.5 Å². The highest BCUT2D eigenvalue weighted by Gasteiger charge is 2.43. The van der Waals surface area contributed by atoms with Crippen molar-refractivity contribution in [3.8, 4) is 5.75 Å². The molecule has 15 heavy (non-hydrogen) atoms. The molecule has 2 rings (SSSR count). The quantitative estimate of drug-likeness (QED) is 0.639. The molecule has 1 nitrogen and oxygen atoms in total. The summed E-state index contributed by atoms with van der Waals surface area (Å²) in [5, 5.41) is 0. The molecule has 1 aromatic rings. The number of ether oxygens (including phenoxy) is 1. The summed E-state index contributed by atoms with van der Waals surface area (Å²) < 4.78 is 31.9. The lowest BCUT2D eigenvalue weighted by molar-refractivity contribution is -0.0214. The first-order valence-corrected chi connectivity index (χ1v) is 4.97. The Kier molecular flexibility index (Phi) is 2.04. The van der Waals surface area contributed by atoms with E-state index < -0.39 is 12.5 Å². The lowest BCUT2D eigenvalue weighted by atomic mass is 9.85. The van der Waals surface area contributed by atoms with Crippen LogP contribution in [0.25, 0.3) is 0 Å². The Balaban J connectivity index is 2.60. The van der Waals surface area contributed by atoms with Gasteiger partial charge in [0, 0.05) is 5.56 Å². The van der Waals surface area contributed by atoms with Gasteiger partial charge in [-0.1, -0.05) is 32.9 Å². The summed E-state index contributed by atoms with van der Waals surface area (Å²) >= 11 is 0. The Morgan fingerprint density at radius 2 is 1.93 bits per heavy atom. The summed E-state index contributed by atoms with van der Waals surface area (Å²) in [5.74, 6) is -2.47. The van der Waals surface area contributed by atoms with Gasteiger partial charge in [-0.15, -0.1) is 0 Å². The van der Waals surface area contributed by atoms with Crippen LogP contribution in [0, 0.1) is 0 Å². The molecule has 0 bridgehead atoms. The minimum Gasteiger partial charge on any atom is -0.486 e. The normalized spacial score (nSPS) is 18.5. The van der Waals surface area contributed by atoms with Crippen LogP contribution in [0.2, 0.25) is 0 Å². The molecule has 1 heterocycles. The van der Waals surface area contributed by atoms with Crippen molar-refractivity contribution in [3.05, 3.63) is 29.3 Å². The van der Waals surface area contributed by atoms with Gasteiger partial charge in [-0.3, -0.25) is 0 Å². The van der Waals surface area contributed by atoms with Crippen LogP contribution < -0.4 is 4.74 Å². The number of benzene rings is 1. The number of alkyl halides is 2. The maximum absolute atomic E-state index is 13.4. The van der Waals surface area contributed by atoms with Crippen LogP contribution in [0.5, 0.6) is 5.75 Å². The topological polar surface area (TPSA) is 9.23 Å².